The summed E-state index contributed by atoms with van der Waals surface area (Å²) in [5.74, 6) is -0.706. The van der Waals surface area contributed by atoms with Crippen molar-refractivity contribution in [2.24, 2.45) is 0 Å². The Morgan fingerprint density at radius 1 is 1.04 bits per heavy atom. The molecule has 1 N–H and O–H groups in total. The first-order chi connectivity index (χ1) is 11.0. The van der Waals surface area contributed by atoms with E-state index >= 15 is 0 Å². The third-order valence-corrected chi connectivity index (χ3v) is 3.46. The van der Waals surface area contributed by atoms with E-state index in [1.807, 2.05) is 61.5 Å². The van der Waals surface area contributed by atoms with E-state index in [0.717, 1.165) is 11.1 Å². The maximum Gasteiger partial charge on any atom is 0.306 e. The van der Waals surface area contributed by atoms with Crippen LogP contribution in [0.1, 0.15) is 24.5 Å². The molecule has 4 heteroatoms. The van der Waals surface area contributed by atoms with Crippen molar-refractivity contribution < 1.29 is 14.3 Å². The lowest BCUT2D eigenvalue weighted by Crippen LogP contribution is -2.30. The average molecular weight is 311 g/mol. The van der Waals surface area contributed by atoms with Gasteiger partial charge < -0.3 is 10.1 Å². The lowest BCUT2D eigenvalue weighted by Gasteiger charge is -2.13. The fraction of sp³-hybridized carbons (Fsp3) is 0.263. The van der Waals surface area contributed by atoms with Crippen LogP contribution in [0.2, 0.25) is 0 Å². The molecule has 0 spiro atoms. The van der Waals surface area contributed by atoms with Crippen molar-refractivity contribution in [3.8, 4) is 0 Å². The SMILES string of the molecule is Cc1ccc(NC(=O)C(C)OC(=O)CCc2ccccc2)cc1. The Labute approximate surface area is 136 Å². The van der Waals surface area contributed by atoms with Crippen molar-refractivity contribution in [1.82, 2.24) is 0 Å². The zero-order chi connectivity index (χ0) is 16.7. The first kappa shape index (κ1) is 16.7. The van der Waals surface area contributed by atoms with Crippen LogP contribution >= 0.6 is 0 Å². The molecule has 0 aliphatic heterocycles. The minimum Gasteiger partial charge on any atom is -0.453 e. The van der Waals surface area contributed by atoms with E-state index in [4.69, 9.17) is 4.74 Å². The first-order valence-corrected chi connectivity index (χ1v) is 7.65. The fourth-order valence-electron chi connectivity index (χ4n) is 2.08. The highest BCUT2D eigenvalue weighted by atomic mass is 16.5. The molecule has 4 nitrogen and oxygen atoms in total. The highest BCUT2D eigenvalue weighted by Gasteiger charge is 2.17. The molecule has 0 saturated carbocycles. The van der Waals surface area contributed by atoms with Crippen molar-refractivity contribution in [3.05, 3.63) is 65.7 Å². The standard InChI is InChI=1S/C19H21NO3/c1-14-8-11-17(12-9-14)20-19(22)15(2)23-18(21)13-10-16-6-4-3-5-7-16/h3-9,11-12,15H,10,13H2,1-2H3,(H,20,22). The molecule has 1 atom stereocenters. The number of benzene rings is 2. The normalized spacial score (nSPS) is 11.6. The lowest BCUT2D eigenvalue weighted by atomic mass is 10.1. The van der Waals surface area contributed by atoms with Crippen molar-refractivity contribution in [3.63, 3.8) is 0 Å². The molecule has 0 aliphatic carbocycles. The number of nitrogens with one attached hydrogen (secondary N) is 1. The van der Waals surface area contributed by atoms with Crippen LogP contribution in [0.5, 0.6) is 0 Å². The number of rotatable bonds is 6. The summed E-state index contributed by atoms with van der Waals surface area (Å²) in [5.41, 5.74) is 2.87. The Morgan fingerprint density at radius 3 is 2.35 bits per heavy atom. The Hall–Kier alpha value is -2.62. The van der Waals surface area contributed by atoms with Crippen LogP contribution in [0.4, 0.5) is 5.69 Å². The molecule has 0 saturated heterocycles. The minimum atomic E-state index is -0.820. The molecule has 0 aliphatic rings. The molecular weight excluding hydrogens is 290 g/mol. The first-order valence-electron chi connectivity index (χ1n) is 7.65. The van der Waals surface area contributed by atoms with Gasteiger partial charge in [0.25, 0.3) is 5.91 Å². The van der Waals surface area contributed by atoms with Crippen LogP contribution < -0.4 is 5.32 Å². The third-order valence-electron chi connectivity index (χ3n) is 3.46. The molecule has 1 amide bonds. The van der Waals surface area contributed by atoms with Crippen LogP contribution in [0.25, 0.3) is 0 Å². The summed E-state index contributed by atoms with van der Waals surface area (Å²) in [6.07, 6.45) is 0.0394. The Kier molecular flexibility index (Phi) is 5.92. The third kappa shape index (κ3) is 5.58. The Bertz CT molecular complexity index is 650. The number of carbonyl (C=O) groups excluding carboxylic acids is 2. The summed E-state index contributed by atoms with van der Waals surface area (Å²) in [6.45, 7) is 3.55. The molecule has 0 heterocycles. The number of anilines is 1. The summed E-state index contributed by atoms with van der Waals surface area (Å²) in [7, 11) is 0. The van der Waals surface area contributed by atoms with Gasteiger partial charge in [0, 0.05) is 12.1 Å². The predicted molar refractivity (Wildman–Crippen MR) is 90.1 cm³/mol. The van der Waals surface area contributed by atoms with E-state index in [2.05, 4.69) is 5.32 Å². The smallest absolute Gasteiger partial charge is 0.306 e. The van der Waals surface area contributed by atoms with Crippen molar-refractivity contribution in [1.29, 1.82) is 0 Å². The second kappa shape index (κ2) is 8.13. The summed E-state index contributed by atoms with van der Waals surface area (Å²) >= 11 is 0. The van der Waals surface area contributed by atoms with Gasteiger partial charge in [-0.2, -0.15) is 0 Å². The summed E-state index contributed by atoms with van der Waals surface area (Å²) in [5, 5.41) is 2.73. The van der Waals surface area contributed by atoms with E-state index in [-0.39, 0.29) is 18.3 Å². The zero-order valence-corrected chi connectivity index (χ0v) is 13.4. The number of carbonyl (C=O) groups is 2. The summed E-state index contributed by atoms with van der Waals surface area (Å²) < 4.78 is 5.18. The van der Waals surface area contributed by atoms with Gasteiger partial charge in [0.1, 0.15) is 0 Å². The summed E-state index contributed by atoms with van der Waals surface area (Å²) in [4.78, 5) is 23.8. The van der Waals surface area contributed by atoms with Crippen LogP contribution in [0.3, 0.4) is 0 Å². The van der Waals surface area contributed by atoms with E-state index in [9.17, 15) is 9.59 Å². The Morgan fingerprint density at radius 2 is 1.70 bits per heavy atom. The second-order valence-electron chi connectivity index (χ2n) is 5.47. The summed E-state index contributed by atoms with van der Waals surface area (Å²) in [6, 6.07) is 17.2. The van der Waals surface area contributed by atoms with Crippen LogP contribution in [-0.4, -0.2) is 18.0 Å². The molecular formula is C19H21NO3. The van der Waals surface area contributed by atoms with E-state index in [1.54, 1.807) is 6.92 Å². The maximum absolute atomic E-state index is 12.0. The van der Waals surface area contributed by atoms with Crippen molar-refractivity contribution >= 4 is 17.6 Å². The van der Waals surface area contributed by atoms with Crippen LogP contribution in [0, 0.1) is 6.92 Å². The molecule has 2 aromatic rings. The second-order valence-corrected chi connectivity index (χ2v) is 5.47. The van der Waals surface area contributed by atoms with Gasteiger partial charge in [-0.1, -0.05) is 48.0 Å². The molecule has 120 valence electrons. The molecule has 1 unspecified atom stereocenters. The number of aryl methyl sites for hydroxylation is 2. The number of amides is 1. The molecule has 0 fully saturated rings. The highest BCUT2D eigenvalue weighted by Crippen LogP contribution is 2.10. The maximum atomic E-state index is 12.0. The lowest BCUT2D eigenvalue weighted by molar-refractivity contribution is -0.153. The number of hydrogen-bond donors (Lipinski definition) is 1. The van der Waals surface area contributed by atoms with Gasteiger partial charge in [-0.05, 0) is 38.0 Å². The van der Waals surface area contributed by atoms with Crippen molar-refractivity contribution in [2.45, 2.75) is 32.8 Å². The van der Waals surface area contributed by atoms with Gasteiger partial charge in [0.15, 0.2) is 6.10 Å². The van der Waals surface area contributed by atoms with Gasteiger partial charge in [-0.25, -0.2) is 0 Å². The predicted octanol–water partition coefficient (Wildman–Crippen LogP) is 3.50. The van der Waals surface area contributed by atoms with Crippen molar-refractivity contribution in [2.75, 3.05) is 5.32 Å². The van der Waals surface area contributed by atoms with Gasteiger partial charge in [-0.15, -0.1) is 0 Å². The largest absolute Gasteiger partial charge is 0.453 e. The average Bonchev–Trinajstić information content (AvgIpc) is 2.56. The van der Waals surface area contributed by atoms with Gasteiger partial charge in [0.05, 0.1) is 0 Å². The van der Waals surface area contributed by atoms with Gasteiger partial charge in [0.2, 0.25) is 0 Å². The molecule has 0 bridgehead atoms. The molecule has 2 aromatic carbocycles. The van der Waals surface area contributed by atoms with Crippen LogP contribution in [-0.2, 0) is 20.7 Å². The van der Waals surface area contributed by atoms with E-state index in [0.29, 0.717) is 12.1 Å². The minimum absolute atomic E-state index is 0.256. The van der Waals surface area contributed by atoms with E-state index < -0.39 is 6.10 Å². The number of esters is 1. The van der Waals surface area contributed by atoms with Gasteiger partial charge >= 0.3 is 5.97 Å². The molecule has 2 rings (SSSR count). The number of ether oxygens (including phenoxy) is 1. The molecule has 0 aromatic heterocycles. The molecule has 0 radical (unpaired) electrons. The monoisotopic (exact) mass is 311 g/mol. The van der Waals surface area contributed by atoms with E-state index in [1.165, 1.54) is 0 Å². The Balaban J connectivity index is 1.78. The zero-order valence-electron chi connectivity index (χ0n) is 13.4. The van der Waals surface area contributed by atoms with Gasteiger partial charge in [-0.3, -0.25) is 9.59 Å². The topological polar surface area (TPSA) is 55.4 Å². The quantitative estimate of drug-likeness (QED) is 0.831. The molecule has 23 heavy (non-hydrogen) atoms. The highest BCUT2D eigenvalue weighted by molar-refractivity contribution is 5.95. The fourth-order valence-corrected chi connectivity index (χ4v) is 2.08. The number of hydrogen-bond acceptors (Lipinski definition) is 3. The van der Waals surface area contributed by atoms with Crippen LogP contribution in [0.15, 0.2) is 54.6 Å².